The van der Waals surface area contributed by atoms with Gasteiger partial charge < -0.3 is 9.84 Å². The van der Waals surface area contributed by atoms with Gasteiger partial charge in [0, 0.05) is 24.1 Å². The van der Waals surface area contributed by atoms with Crippen molar-refractivity contribution >= 4 is 10.9 Å². The third kappa shape index (κ3) is 3.96. The summed E-state index contributed by atoms with van der Waals surface area (Å²) in [5.41, 5.74) is 0.959. The topological polar surface area (TPSA) is 82.2 Å². The number of halogens is 1. The summed E-state index contributed by atoms with van der Waals surface area (Å²) in [6, 6.07) is 4.80. The summed E-state index contributed by atoms with van der Waals surface area (Å²) < 4.78 is 23.4. The molecule has 0 bridgehead atoms. The van der Waals surface area contributed by atoms with Crippen LogP contribution < -0.4 is 10.4 Å². The first kappa shape index (κ1) is 22.0. The van der Waals surface area contributed by atoms with E-state index in [1.807, 2.05) is 19.9 Å². The Morgan fingerprint density at radius 2 is 1.87 bits per heavy atom. The minimum atomic E-state index is -0.614. The highest BCUT2D eigenvalue weighted by Gasteiger charge is 2.19. The molecule has 8 heteroatoms. The van der Waals surface area contributed by atoms with Crippen LogP contribution >= 0.6 is 0 Å². The number of hydrogen-bond donors (Lipinski definition) is 1. The number of fused-ring (bicyclic) bond motifs is 1. The minimum Gasteiger partial charge on any atom is -0.474 e. The first-order valence-electron chi connectivity index (χ1n) is 10.4. The summed E-state index contributed by atoms with van der Waals surface area (Å²) in [5, 5.41) is 14.3. The molecule has 0 aliphatic heterocycles. The number of ether oxygens (including phenoxy) is 1. The van der Waals surface area contributed by atoms with Crippen LogP contribution in [-0.2, 0) is 13.2 Å². The number of nitrogens with zero attached hydrogens (tertiary/aromatic N) is 4. The number of aliphatic hydroxyl groups excluding tert-OH is 1. The average molecular weight is 416 g/mol. The second-order valence-electron chi connectivity index (χ2n) is 7.59. The maximum Gasteiger partial charge on any atom is 0.350 e. The fourth-order valence-corrected chi connectivity index (χ4v) is 3.59. The Labute approximate surface area is 175 Å². The van der Waals surface area contributed by atoms with E-state index in [4.69, 9.17) is 4.74 Å². The number of pyridine rings is 1. The minimum absolute atomic E-state index is 0.0340. The zero-order valence-corrected chi connectivity index (χ0v) is 18.1. The lowest BCUT2D eigenvalue weighted by atomic mass is 9.98. The summed E-state index contributed by atoms with van der Waals surface area (Å²) in [6.07, 6.45) is 1.76. The van der Waals surface area contributed by atoms with Crippen molar-refractivity contribution in [3.05, 3.63) is 45.9 Å². The van der Waals surface area contributed by atoms with E-state index in [0.717, 1.165) is 28.5 Å². The monoisotopic (exact) mass is 416 g/mol. The van der Waals surface area contributed by atoms with Crippen LogP contribution in [-0.4, -0.2) is 30.5 Å². The SMILES string of the molecule is CCC(CC)Oc1cc(C(C)C)c2cc(-n3nc(CO)n(CC)c3=O)c(F)cc2n1. The van der Waals surface area contributed by atoms with Gasteiger partial charge in [-0.15, -0.1) is 5.10 Å². The molecule has 3 rings (SSSR count). The third-order valence-electron chi connectivity index (χ3n) is 5.33. The predicted octanol–water partition coefficient (Wildman–Crippen LogP) is 3.92. The quantitative estimate of drug-likeness (QED) is 0.602. The standard InChI is InChI=1S/C22H29FN4O3/c1-6-14(7-2)30-21-10-15(13(4)5)16-9-19(17(23)11-18(16)24-21)27-22(29)26(8-3)20(12-28)25-27/h9-11,13-14,28H,6-8,12H2,1-5H3. The van der Waals surface area contributed by atoms with E-state index in [2.05, 4.69) is 23.9 Å². The number of aliphatic hydroxyl groups is 1. The Kier molecular flexibility index (Phi) is 6.55. The maximum atomic E-state index is 15.0. The van der Waals surface area contributed by atoms with E-state index >= 15 is 4.39 Å². The zero-order valence-electron chi connectivity index (χ0n) is 18.1. The van der Waals surface area contributed by atoms with Crippen LogP contribution in [0.2, 0.25) is 0 Å². The number of benzene rings is 1. The van der Waals surface area contributed by atoms with Gasteiger partial charge in [-0.2, -0.15) is 4.68 Å². The molecule has 0 fully saturated rings. The highest BCUT2D eigenvalue weighted by Crippen LogP contribution is 2.31. The van der Waals surface area contributed by atoms with E-state index in [1.54, 1.807) is 13.0 Å². The molecule has 0 saturated carbocycles. The number of aromatic nitrogens is 4. The van der Waals surface area contributed by atoms with Gasteiger partial charge in [-0.3, -0.25) is 4.57 Å². The summed E-state index contributed by atoms with van der Waals surface area (Å²) >= 11 is 0. The average Bonchev–Trinajstić information content (AvgIpc) is 3.05. The molecule has 2 aromatic heterocycles. The van der Waals surface area contributed by atoms with Gasteiger partial charge in [-0.25, -0.2) is 14.2 Å². The molecule has 2 heterocycles. The van der Waals surface area contributed by atoms with Crippen LogP contribution in [0.4, 0.5) is 4.39 Å². The first-order chi connectivity index (χ1) is 14.3. The van der Waals surface area contributed by atoms with Crippen LogP contribution in [0, 0.1) is 5.82 Å². The van der Waals surface area contributed by atoms with E-state index in [1.165, 1.54) is 10.6 Å². The fraction of sp³-hybridized carbons (Fsp3) is 0.500. The third-order valence-corrected chi connectivity index (χ3v) is 5.33. The van der Waals surface area contributed by atoms with Crippen molar-refractivity contribution in [2.75, 3.05) is 0 Å². The number of hydrogen-bond acceptors (Lipinski definition) is 5. The molecule has 0 atom stereocenters. The Balaban J connectivity index is 2.21. The summed E-state index contributed by atoms with van der Waals surface area (Å²) in [6.45, 7) is 9.89. The normalized spacial score (nSPS) is 11.8. The lowest BCUT2D eigenvalue weighted by Crippen LogP contribution is -2.24. The molecule has 7 nitrogen and oxygen atoms in total. The Morgan fingerprint density at radius 3 is 2.40 bits per heavy atom. The largest absolute Gasteiger partial charge is 0.474 e. The molecular weight excluding hydrogens is 387 g/mol. The van der Waals surface area contributed by atoms with Crippen molar-refractivity contribution in [2.45, 2.75) is 72.6 Å². The number of rotatable bonds is 8. The second-order valence-corrected chi connectivity index (χ2v) is 7.59. The Morgan fingerprint density at radius 1 is 1.17 bits per heavy atom. The van der Waals surface area contributed by atoms with Gasteiger partial charge in [0.2, 0.25) is 5.88 Å². The van der Waals surface area contributed by atoms with Crippen LogP contribution in [0.1, 0.15) is 64.8 Å². The summed E-state index contributed by atoms with van der Waals surface area (Å²) in [4.78, 5) is 17.2. The first-order valence-corrected chi connectivity index (χ1v) is 10.4. The molecule has 1 aromatic carbocycles. The molecule has 0 spiro atoms. The van der Waals surface area contributed by atoms with E-state index in [0.29, 0.717) is 17.9 Å². The fourth-order valence-electron chi connectivity index (χ4n) is 3.59. The van der Waals surface area contributed by atoms with Crippen LogP contribution in [0.5, 0.6) is 5.88 Å². The van der Waals surface area contributed by atoms with Crippen molar-refractivity contribution in [3.8, 4) is 11.6 Å². The summed E-state index contributed by atoms with van der Waals surface area (Å²) in [7, 11) is 0. The zero-order chi connectivity index (χ0) is 22.0. The van der Waals surface area contributed by atoms with Gasteiger partial charge in [0.15, 0.2) is 11.6 Å². The lowest BCUT2D eigenvalue weighted by molar-refractivity contribution is 0.185. The van der Waals surface area contributed by atoms with Crippen LogP contribution in [0.25, 0.3) is 16.6 Å². The van der Waals surface area contributed by atoms with Crippen molar-refractivity contribution < 1.29 is 14.2 Å². The van der Waals surface area contributed by atoms with Crippen LogP contribution in [0.15, 0.2) is 23.0 Å². The Bertz CT molecular complexity index is 1100. The highest BCUT2D eigenvalue weighted by atomic mass is 19.1. The molecule has 0 aliphatic rings. The molecule has 0 radical (unpaired) electrons. The van der Waals surface area contributed by atoms with Crippen molar-refractivity contribution in [1.82, 2.24) is 19.3 Å². The smallest absolute Gasteiger partial charge is 0.350 e. The predicted molar refractivity (Wildman–Crippen MR) is 114 cm³/mol. The van der Waals surface area contributed by atoms with E-state index in [9.17, 15) is 9.90 Å². The van der Waals surface area contributed by atoms with Gasteiger partial charge in [0.25, 0.3) is 0 Å². The molecule has 0 amide bonds. The Hall–Kier alpha value is -2.74. The molecular formula is C22H29FN4O3. The van der Waals surface area contributed by atoms with Gasteiger partial charge in [0.1, 0.15) is 12.3 Å². The van der Waals surface area contributed by atoms with Gasteiger partial charge in [-0.05, 0) is 37.3 Å². The van der Waals surface area contributed by atoms with Gasteiger partial charge in [0.05, 0.1) is 11.6 Å². The highest BCUT2D eigenvalue weighted by molar-refractivity contribution is 5.85. The maximum absolute atomic E-state index is 15.0. The second kappa shape index (κ2) is 8.95. The van der Waals surface area contributed by atoms with Crippen molar-refractivity contribution in [1.29, 1.82) is 0 Å². The van der Waals surface area contributed by atoms with Gasteiger partial charge >= 0.3 is 5.69 Å². The molecule has 30 heavy (non-hydrogen) atoms. The van der Waals surface area contributed by atoms with Crippen molar-refractivity contribution in [2.24, 2.45) is 0 Å². The molecule has 0 unspecified atom stereocenters. The van der Waals surface area contributed by atoms with E-state index < -0.39 is 18.1 Å². The van der Waals surface area contributed by atoms with Gasteiger partial charge in [-0.1, -0.05) is 27.7 Å². The molecule has 162 valence electrons. The molecule has 1 N–H and O–H groups in total. The van der Waals surface area contributed by atoms with E-state index in [-0.39, 0.29) is 23.5 Å². The van der Waals surface area contributed by atoms with Crippen molar-refractivity contribution in [3.63, 3.8) is 0 Å². The molecule has 3 aromatic rings. The molecule has 0 saturated heterocycles. The summed E-state index contributed by atoms with van der Waals surface area (Å²) in [5.74, 6) is 0.188. The molecule has 0 aliphatic carbocycles. The van der Waals surface area contributed by atoms with Crippen LogP contribution in [0.3, 0.4) is 0 Å². The lowest BCUT2D eigenvalue weighted by Gasteiger charge is -2.18.